The zero-order valence-corrected chi connectivity index (χ0v) is 19.4. The third-order valence-corrected chi connectivity index (χ3v) is 5.93. The van der Waals surface area contributed by atoms with Gasteiger partial charge in [0.2, 0.25) is 0 Å². The molecular weight excluding hydrogens is 436 g/mol. The summed E-state index contributed by atoms with van der Waals surface area (Å²) in [7, 11) is 0. The van der Waals surface area contributed by atoms with Gasteiger partial charge in [-0.15, -0.1) is 5.10 Å². The van der Waals surface area contributed by atoms with Crippen LogP contribution in [0.15, 0.2) is 39.4 Å². The molecule has 1 fully saturated rings. The monoisotopic (exact) mass is 462 g/mol. The van der Waals surface area contributed by atoms with Gasteiger partial charge in [0.05, 0.1) is 23.6 Å². The molecule has 1 aliphatic rings. The summed E-state index contributed by atoms with van der Waals surface area (Å²) in [6.45, 7) is 8.79. The van der Waals surface area contributed by atoms with E-state index >= 15 is 0 Å². The van der Waals surface area contributed by atoms with Gasteiger partial charge >= 0.3 is 0 Å². The number of nitrogens with zero attached hydrogens (tertiary/aromatic N) is 8. The SMILES string of the molecule is Cc1nn(-c2ccccc2)nc1C(=O)N1CCCN(Cc2noc(-c3c(C)noc3C)n2)CC1. The summed E-state index contributed by atoms with van der Waals surface area (Å²) in [5.41, 5.74) is 3.29. The van der Waals surface area contributed by atoms with Crippen LogP contribution in [0.25, 0.3) is 17.1 Å². The Morgan fingerprint density at radius 2 is 1.76 bits per heavy atom. The second kappa shape index (κ2) is 9.18. The van der Waals surface area contributed by atoms with Crippen LogP contribution in [0.2, 0.25) is 0 Å². The van der Waals surface area contributed by atoms with Gasteiger partial charge in [-0.1, -0.05) is 28.5 Å². The molecule has 5 rings (SSSR count). The molecular formula is C23H26N8O3. The Kier molecular flexibility index (Phi) is 5.93. The summed E-state index contributed by atoms with van der Waals surface area (Å²) >= 11 is 0. The van der Waals surface area contributed by atoms with E-state index < -0.39 is 0 Å². The molecule has 1 aliphatic heterocycles. The summed E-state index contributed by atoms with van der Waals surface area (Å²) in [6.07, 6.45) is 0.839. The standard InChI is InChI=1S/C23H26N8O3/c1-15-20(17(3)33-27-15)22-24-19(28-34-22)14-29-10-7-11-30(13-12-29)23(32)21-16(2)25-31(26-21)18-8-5-4-6-9-18/h4-6,8-9H,7,10-14H2,1-3H3. The highest BCUT2D eigenvalue weighted by Crippen LogP contribution is 2.25. The predicted octanol–water partition coefficient (Wildman–Crippen LogP) is 2.58. The molecule has 0 radical (unpaired) electrons. The first kappa shape index (κ1) is 22.0. The Labute approximate surface area is 196 Å². The van der Waals surface area contributed by atoms with Crippen molar-refractivity contribution < 1.29 is 13.8 Å². The van der Waals surface area contributed by atoms with E-state index in [4.69, 9.17) is 9.05 Å². The van der Waals surface area contributed by atoms with Gasteiger partial charge < -0.3 is 13.9 Å². The van der Waals surface area contributed by atoms with Crippen molar-refractivity contribution in [1.82, 2.24) is 40.1 Å². The van der Waals surface area contributed by atoms with Crippen molar-refractivity contribution in [2.75, 3.05) is 26.2 Å². The number of hydrogen-bond donors (Lipinski definition) is 0. The lowest BCUT2D eigenvalue weighted by molar-refractivity contribution is 0.0754. The molecule has 4 aromatic rings. The number of carbonyl (C=O) groups excluding carboxylic acids is 1. The fourth-order valence-corrected chi connectivity index (χ4v) is 4.14. The van der Waals surface area contributed by atoms with E-state index in [1.54, 1.807) is 0 Å². The lowest BCUT2D eigenvalue weighted by Gasteiger charge is -2.20. The number of aromatic nitrogens is 6. The minimum absolute atomic E-state index is 0.0956. The van der Waals surface area contributed by atoms with E-state index in [2.05, 4.69) is 30.4 Å². The molecule has 3 aromatic heterocycles. The Bertz CT molecular complexity index is 1270. The van der Waals surface area contributed by atoms with Crippen molar-refractivity contribution in [3.8, 4) is 17.1 Å². The molecule has 0 bridgehead atoms. The zero-order valence-electron chi connectivity index (χ0n) is 19.4. The molecule has 0 spiro atoms. The van der Waals surface area contributed by atoms with Crippen LogP contribution in [0.1, 0.15) is 39.9 Å². The summed E-state index contributed by atoms with van der Waals surface area (Å²) < 4.78 is 10.6. The lowest BCUT2D eigenvalue weighted by atomic mass is 10.2. The van der Waals surface area contributed by atoms with Gasteiger partial charge in [-0.3, -0.25) is 9.69 Å². The van der Waals surface area contributed by atoms with Crippen LogP contribution in [-0.2, 0) is 6.54 Å². The summed E-state index contributed by atoms with van der Waals surface area (Å²) in [4.78, 5) is 23.3. The van der Waals surface area contributed by atoms with Crippen LogP contribution in [0, 0.1) is 20.8 Å². The van der Waals surface area contributed by atoms with E-state index in [1.807, 2.05) is 56.0 Å². The smallest absolute Gasteiger partial charge is 0.276 e. The summed E-state index contributed by atoms with van der Waals surface area (Å²) in [5.74, 6) is 1.56. The second-order valence-electron chi connectivity index (χ2n) is 8.40. The van der Waals surface area contributed by atoms with Gasteiger partial charge in [-0.05, 0) is 39.3 Å². The maximum atomic E-state index is 13.2. The van der Waals surface area contributed by atoms with E-state index in [1.165, 1.54) is 4.80 Å². The summed E-state index contributed by atoms with van der Waals surface area (Å²) in [6, 6.07) is 9.58. The Balaban J connectivity index is 1.23. The molecule has 0 saturated carbocycles. The molecule has 4 heterocycles. The molecule has 0 N–H and O–H groups in total. The highest BCUT2D eigenvalue weighted by molar-refractivity contribution is 5.93. The lowest BCUT2D eigenvalue weighted by Crippen LogP contribution is -2.35. The zero-order chi connectivity index (χ0) is 23.7. The minimum Gasteiger partial charge on any atom is -0.361 e. The maximum Gasteiger partial charge on any atom is 0.276 e. The number of hydrogen-bond acceptors (Lipinski definition) is 9. The quantitative estimate of drug-likeness (QED) is 0.441. The Morgan fingerprint density at radius 1 is 0.941 bits per heavy atom. The third kappa shape index (κ3) is 4.34. The van der Waals surface area contributed by atoms with Crippen molar-refractivity contribution in [3.63, 3.8) is 0 Å². The van der Waals surface area contributed by atoms with E-state index in [0.717, 1.165) is 29.9 Å². The number of rotatable bonds is 5. The molecule has 176 valence electrons. The normalized spacial score (nSPS) is 15.0. The molecule has 1 saturated heterocycles. The van der Waals surface area contributed by atoms with Crippen LogP contribution >= 0.6 is 0 Å². The van der Waals surface area contributed by atoms with E-state index in [9.17, 15) is 4.79 Å². The van der Waals surface area contributed by atoms with Gasteiger partial charge in [-0.2, -0.15) is 14.9 Å². The molecule has 0 atom stereocenters. The fraction of sp³-hybridized carbons (Fsp3) is 0.391. The van der Waals surface area contributed by atoms with Gasteiger partial charge in [-0.25, -0.2) is 0 Å². The highest BCUT2D eigenvalue weighted by Gasteiger charge is 2.26. The molecule has 0 aliphatic carbocycles. The molecule has 11 heteroatoms. The first-order valence-electron chi connectivity index (χ1n) is 11.3. The van der Waals surface area contributed by atoms with Crippen molar-refractivity contribution in [3.05, 3.63) is 59.0 Å². The Hall–Kier alpha value is -3.86. The molecule has 34 heavy (non-hydrogen) atoms. The van der Waals surface area contributed by atoms with Crippen LogP contribution < -0.4 is 0 Å². The highest BCUT2D eigenvalue weighted by atomic mass is 16.5. The fourth-order valence-electron chi connectivity index (χ4n) is 4.14. The van der Waals surface area contributed by atoms with Gasteiger partial charge in [0.1, 0.15) is 11.3 Å². The van der Waals surface area contributed by atoms with Crippen molar-refractivity contribution in [2.24, 2.45) is 0 Å². The minimum atomic E-state index is -0.0956. The second-order valence-corrected chi connectivity index (χ2v) is 8.40. The van der Waals surface area contributed by atoms with Crippen molar-refractivity contribution in [2.45, 2.75) is 33.7 Å². The molecule has 1 aromatic carbocycles. The maximum absolute atomic E-state index is 13.2. The van der Waals surface area contributed by atoms with E-state index in [0.29, 0.717) is 55.0 Å². The van der Waals surface area contributed by atoms with Crippen molar-refractivity contribution in [1.29, 1.82) is 0 Å². The molecule has 11 nitrogen and oxygen atoms in total. The van der Waals surface area contributed by atoms with Gasteiger partial charge in [0, 0.05) is 26.2 Å². The number of aryl methyl sites for hydroxylation is 3. The van der Waals surface area contributed by atoms with Crippen molar-refractivity contribution >= 4 is 5.91 Å². The predicted molar refractivity (Wildman–Crippen MR) is 121 cm³/mol. The summed E-state index contributed by atoms with van der Waals surface area (Å²) in [5, 5.41) is 17.0. The third-order valence-electron chi connectivity index (χ3n) is 5.93. The first-order valence-corrected chi connectivity index (χ1v) is 11.3. The Morgan fingerprint density at radius 3 is 2.53 bits per heavy atom. The van der Waals surface area contributed by atoms with Gasteiger partial charge in [0.25, 0.3) is 11.8 Å². The van der Waals surface area contributed by atoms with Crippen LogP contribution in [0.4, 0.5) is 0 Å². The average molecular weight is 463 g/mol. The number of para-hydroxylation sites is 1. The average Bonchev–Trinajstić information content (AvgIpc) is 3.49. The molecule has 0 unspecified atom stereocenters. The van der Waals surface area contributed by atoms with E-state index in [-0.39, 0.29) is 5.91 Å². The van der Waals surface area contributed by atoms with Crippen LogP contribution in [0.3, 0.4) is 0 Å². The first-order chi connectivity index (χ1) is 16.5. The van der Waals surface area contributed by atoms with Crippen LogP contribution in [-0.4, -0.2) is 72.2 Å². The topological polar surface area (TPSA) is 119 Å². The number of amides is 1. The van der Waals surface area contributed by atoms with Crippen LogP contribution in [0.5, 0.6) is 0 Å². The van der Waals surface area contributed by atoms with Gasteiger partial charge in [0.15, 0.2) is 11.5 Å². The number of benzene rings is 1. The largest absolute Gasteiger partial charge is 0.361 e. The number of carbonyl (C=O) groups is 1. The molecule has 1 amide bonds.